The number of piperidine rings is 1. The highest BCUT2D eigenvalue weighted by Crippen LogP contribution is 2.18. The van der Waals surface area contributed by atoms with E-state index in [1.807, 2.05) is 12.1 Å². The molecule has 1 heterocycles. The highest BCUT2D eigenvalue weighted by Gasteiger charge is 2.14. The number of urea groups is 1. The number of amides is 3. The quantitative estimate of drug-likeness (QED) is 0.705. The molecular weight excluding hydrogens is 308 g/mol. The number of ether oxygens (including phenoxy) is 1. The van der Waals surface area contributed by atoms with Crippen LogP contribution >= 0.6 is 0 Å². The van der Waals surface area contributed by atoms with Crippen molar-refractivity contribution in [3.05, 3.63) is 24.3 Å². The van der Waals surface area contributed by atoms with Gasteiger partial charge in [-0.3, -0.25) is 9.69 Å². The van der Waals surface area contributed by atoms with Crippen LogP contribution in [0.15, 0.2) is 24.3 Å². The van der Waals surface area contributed by atoms with Gasteiger partial charge in [0, 0.05) is 18.3 Å². The van der Waals surface area contributed by atoms with Gasteiger partial charge < -0.3 is 21.1 Å². The van der Waals surface area contributed by atoms with Gasteiger partial charge in [-0.15, -0.1) is 0 Å². The monoisotopic (exact) mass is 334 g/mol. The van der Waals surface area contributed by atoms with E-state index in [0.29, 0.717) is 18.0 Å². The average Bonchev–Trinajstić information content (AvgIpc) is 2.55. The number of nitrogens with zero attached hydrogens (tertiary/aromatic N) is 1. The van der Waals surface area contributed by atoms with Crippen LogP contribution in [0.1, 0.15) is 26.2 Å². The molecule has 0 aromatic heterocycles. The fourth-order valence-corrected chi connectivity index (χ4v) is 2.67. The third kappa shape index (κ3) is 6.08. The fraction of sp³-hybridized carbons (Fsp3) is 0.529. The Kier molecular flexibility index (Phi) is 6.87. The van der Waals surface area contributed by atoms with Crippen LogP contribution in [0, 0.1) is 0 Å². The topological polar surface area (TPSA) is 96.7 Å². The summed E-state index contributed by atoms with van der Waals surface area (Å²) < 4.78 is 5.77. The number of nitrogens with two attached hydrogens (primary N) is 1. The zero-order chi connectivity index (χ0) is 17.4. The summed E-state index contributed by atoms with van der Waals surface area (Å²) in [6.45, 7) is 5.39. The first kappa shape index (κ1) is 18.1. The molecule has 0 bridgehead atoms. The van der Waals surface area contributed by atoms with Gasteiger partial charge in [-0.2, -0.15) is 0 Å². The number of anilines is 1. The Morgan fingerprint density at radius 2 is 2.04 bits per heavy atom. The first-order valence-electron chi connectivity index (χ1n) is 8.36. The molecule has 3 amide bonds. The molecule has 0 spiro atoms. The smallest absolute Gasteiger partial charge is 0.312 e. The van der Waals surface area contributed by atoms with Crippen molar-refractivity contribution in [2.24, 2.45) is 5.73 Å². The van der Waals surface area contributed by atoms with Gasteiger partial charge in [0.25, 0.3) is 0 Å². The second-order valence-electron chi connectivity index (χ2n) is 6.00. The van der Waals surface area contributed by atoms with Crippen molar-refractivity contribution >= 4 is 17.6 Å². The summed E-state index contributed by atoms with van der Waals surface area (Å²) in [6.07, 6.45) is 3.85. The Balaban J connectivity index is 1.80. The van der Waals surface area contributed by atoms with Crippen LogP contribution in [0.4, 0.5) is 10.5 Å². The van der Waals surface area contributed by atoms with Crippen LogP contribution in [0.3, 0.4) is 0 Å². The number of rotatable bonds is 7. The molecule has 1 aromatic carbocycles. The van der Waals surface area contributed by atoms with E-state index in [1.165, 1.54) is 19.3 Å². The SMILES string of the molecule is C[C@H](NC(N)=O)C(=O)Nc1cccc(OCCN2CCCCC2)c1. The number of carbonyl (C=O) groups is 2. The number of likely N-dealkylation sites (tertiary alicyclic amines) is 1. The summed E-state index contributed by atoms with van der Waals surface area (Å²) in [5.74, 6) is 0.375. The van der Waals surface area contributed by atoms with Gasteiger partial charge in [0.2, 0.25) is 5.91 Å². The second-order valence-corrected chi connectivity index (χ2v) is 6.00. The van der Waals surface area contributed by atoms with Gasteiger partial charge in [-0.1, -0.05) is 12.5 Å². The number of primary amides is 1. The van der Waals surface area contributed by atoms with Gasteiger partial charge in [0.1, 0.15) is 18.4 Å². The van der Waals surface area contributed by atoms with Crippen LogP contribution in [0.2, 0.25) is 0 Å². The van der Waals surface area contributed by atoms with Crippen LogP contribution in [-0.2, 0) is 4.79 Å². The lowest BCUT2D eigenvalue weighted by atomic mass is 10.1. The average molecular weight is 334 g/mol. The molecule has 1 aliphatic heterocycles. The molecule has 1 fully saturated rings. The fourth-order valence-electron chi connectivity index (χ4n) is 2.67. The normalized spacial score (nSPS) is 16.2. The van der Waals surface area contributed by atoms with E-state index in [2.05, 4.69) is 15.5 Å². The highest BCUT2D eigenvalue weighted by atomic mass is 16.5. The standard InChI is InChI=1S/C17H26N4O3/c1-13(19-17(18)23)16(22)20-14-6-5-7-15(12-14)24-11-10-21-8-3-2-4-9-21/h5-7,12-13H,2-4,8-11H2,1H3,(H,20,22)(H3,18,19,23)/t13-/m0/s1. The Labute approximate surface area is 142 Å². The molecule has 4 N–H and O–H groups in total. The van der Waals surface area contributed by atoms with E-state index in [9.17, 15) is 9.59 Å². The molecule has 0 saturated carbocycles. The largest absolute Gasteiger partial charge is 0.492 e. The second kappa shape index (κ2) is 9.12. The van der Waals surface area contributed by atoms with E-state index in [1.54, 1.807) is 19.1 Å². The minimum atomic E-state index is -0.729. The third-order valence-electron chi connectivity index (χ3n) is 3.98. The molecule has 0 aliphatic carbocycles. The van der Waals surface area contributed by atoms with Gasteiger partial charge in [-0.05, 0) is 45.0 Å². The predicted molar refractivity (Wildman–Crippen MR) is 93.0 cm³/mol. The maximum Gasteiger partial charge on any atom is 0.312 e. The maximum absolute atomic E-state index is 12.0. The van der Waals surface area contributed by atoms with Crippen molar-refractivity contribution in [2.45, 2.75) is 32.2 Å². The van der Waals surface area contributed by atoms with Gasteiger partial charge in [0.15, 0.2) is 0 Å². The van der Waals surface area contributed by atoms with E-state index in [4.69, 9.17) is 10.5 Å². The van der Waals surface area contributed by atoms with Gasteiger partial charge in [-0.25, -0.2) is 4.79 Å². The van der Waals surface area contributed by atoms with Crippen molar-refractivity contribution in [1.82, 2.24) is 10.2 Å². The summed E-state index contributed by atoms with van der Waals surface area (Å²) in [7, 11) is 0. The lowest BCUT2D eigenvalue weighted by Crippen LogP contribution is -2.44. The number of nitrogens with one attached hydrogen (secondary N) is 2. The first-order chi connectivity index (χ1) is 11.5. The van der Waals surface area contributed by atoms with E-state index < -0.39 is 12.1 Å². The molecule has 24 heavy (non-hydrogen) atoms. The van der Waals surface area contributed by atoms with Gasteiger partial charge >= 0.3 is 6.03 Å². The number of hydrogen-bond acceptors (Lipinski definition) is 4. The summed E-state index contributed by atoms with van der Waals surface area (Å²) in [5.41, 5.74) is 5.63. The van der Waals surface area contributed by atoms with Crippen molar-refractivity contribution in [3.63, 3.8) is 0 Å². The predicted octanol–water partition coefficient (Wildman–Crippen LogP) is 1.55. The minimum Gasteiger partial charge on any atom is -0.492 e. The Morgan fingerprint density at radius 3 is 2.75 bits per heavy atom. The third-order valence-corrected chi connectivity index (χ3v) is 3.98. The van der Waals surface area contributed by atoms with Crippen molar-refractivity contribution in [2.75, 3.05) is 31.6 Å². The van der Waals surface area contributed by atoms with Crippen LogP contribution < -0.4 is 21.1 Å². The van der Waals surface area contributed by atoms with Gasteiger partial charge in [0.05, 0.1) is 0 Å². The van der Waals surface area contributed by atoms with Crippen molar-refractivity contribution in [3.8, 4) is 5.75 Å². The zero-order valence-electron chi connectivity index (χ0n) is 14.1. The van der Waals surface area contributed by atoms with Crippen molar-refractivity contribution in [1.29, 1.82) is 0 Å². The molecule has 132 valence electrons. The highest BCUT2D eigenvalue weighted by molar-refractivity contribution is 5.96. The van der Waals surface area contributed by atoms with Crippen LogP contribution in [0.5, 0.6) is 5.75 Å². The Hall–Kier alpha value is -2.28. The molecule has 7 nitrogen and oxygen atoms in total. The van der Waals surface area contributed by atoms with Crippen LogP contribution in [0.25, 0.3) is 0 Å². The Bertz CT molecular complexity index is 559. The number of hydrogen-bond donors (Lipinski definition) is 3. The summed E-state index contributed by atoms with van der Waals surface area (Å²) in [4.78, 5) is 25.1. The number of benzene rings is 1. The van der Waals surface area contributed by atoms with Crippen LogP contribution in [-0.4, -0.2) is 49.1 Å². The lowest BCUT2D eigenvalue weighted by molar-refractivity contribution is -0.117. The minimum absolute atomic E-state index is 0.334. The summed E-state index contributed by atoms with van der Waals surface area (Å²) in [5, 5.41) is 5.07. The number of carbonyl (C=O) groups excluding carboxylic acids is 2. The van der Waals surface area contributed by atoms with E-state index in [-0.39, 0.29) is 5.91 Å². The summed E-state index contributed by atoms with van der Waals surface area (Å²) in [6, 6.07) is 5.78. The molecular formula is C17H26N4O3. The maximum atomic E-state index is 12.0. The molecule has 1 atom stereocenters. The molecule has 1 aliphatic rings. The molecule has 7 heteroatoms. The van der Waals surface area contributed by atoms with E-state index in [0.717, 1.165) is 19.6 Å². The first-order valence-corrected chi connectivity index (χ1v) is 8.36. The molecule has 0 radical (unpaired) electrons. The summed E-state index contributed by atoms with van der Waals surface area (Å²) >= 11 is 0. The Morgan fingerprint density at radius 1 is 1.29 bits per heavy atom. The van der Waals surface area contributed by atoms with E-state index >= 15 is 0 Å². The molecule has 1 aromatic rings. The molecule has 0 unspecified atom stereocenters. The zero-order valence-corrected chi connectivity index (χ0v) is 14.1. The molecule has 2 rings (SSSR count). The lowest BCUT2D eigenvalue weighted by Gasteiger charge is -2.26. The van der Waals surface area contributed by atoms with Crippen molar-refractivity contribution < 1.29 is 14.3 Å². The molecule has 1 saturated heterocycles.